The molecule has 1 unspecified atom stereocenters. The minimum absolute atomic E-state index is 0.0241. The number of halogens is 2. The van der Waals surface area contributed by atoms with Crippen LogP contribution in [0.4, 0.5) is 8.78 Å². The zero-order valence-corrected chi connectivity index (χ0v) is 17.1. The molecule has 0 bridgehead atoms. The van der Waals surface area contributed by atoms with Gasteiger partial charge in [-0.1, -0.05) is 19.1 Å². The molecule has 1 aromatic carbocycles. The Labute approximate surface area is 170 Å². The number of nitrogens with one attached hydrogen (secondary N) is 2. The molecule has 2 aromatic rings. The van der Waals surface area contributed by atoms with Gasteiger partial charge in [-0.05, 0) is 31.9 Å². The predicted octanol–water partition coefficient (Wildman–Crippen LogP) is 3.27. The monoisotopic (exact) mass is 409 g/mol. The first-order chi connectivity index (χ1) is 14.0. The van der Waals surface area contributed by atoms with Gasteiger partial charge < -0.3 is 20.1 Å². The molecule has 0 fully saturated rings. The Bertz CT molecular complexity index is 753. The van der Waals surface area contributed by atoms with Crippen molar-refractivity contribution in [1.82, 2.24) is 20.4 Å². The predicted molar refractivity (Wildman–Crippen MR) is 108 cm³/mol. The Hall–Kier alpha value is -2.84. The maximum atomic E-state index is 12.9. The fourth-order valence-corrected chi connectivity index (χ4v) is 2.75. The number of guanidine groups is 1. The van der Waals surface area contributed by atoms with Gasteiger partial charge in [0.2, 0.25) is 0 Å². The zero-order valence-electron chi connectivity index (χ0n) is 17.1. The van der Waals surface area contributed by atoms with Crippen LogP contribution in [0.5, 0.6) is 11.5 Å². The molecule has 0 spiro atoms. The molecule has 1 atom stereocenters. The standard InChI is InChI=1S/C20H29F2N5O2/c1-4-23-20(24-12-15(3)14-27-11-7-10-26-27)25-13-16-8-6-9-17(28-5-2)18(16)29-19(21)22/h6-11,15,19H,4-5,12-14H2,1-3H3,(H2,23,24,25). The Morgan fingerprint density at radius 3 is 2.72 bits per heavy atom. The van der Waals surface area contributed by atoms with Gasteiger partial charge >= 0.3 is 6.61 Å². The summed E-state index contributed by atoms with van der Waals surface area (Å²) in [6.07, 6.45) is 3.67. The van der Waals surface area contributed by atoms with Crippen LogP contribution in [-0.2, 0) is 13.1 Å². The minimum Gasteiger partial charge on any atom is -0.490 e. The molecule has 9 heteroatoms. The third kappa shape index (κ3) is 7.59. The second-order valence-electron chi connectivity index (χ2n) is 6.47. The van der Waals surface area contributed by atoms with Crippen molar-refractivity contribution < 1.29 is 18.3 Å². The van der Waals surface area contributed by atoms with Gasteiger partial charge in [0.05, 0.1) is 13.2 Å². The molecule has 1 heterocycles. The lowest BCUT2D eigenvalue weighted by Crippen LogP contribution is -2.40. The molecule has 2 rings (SSSR count). The Morgan fingerprint density at radius 2 is 2.07 bits per heavy atom. The smallest absolute Gasteiger partial charge is 0.387 e. The Balaban J connectivity index is 2.05. The summed E-state index contributed by atoms with van der Waals surface area (Å²) < 4.78 is 37.7. The van der Waals surface area contributed by atoms with Crippen molar-refractivity contribution >= 4 is 5.96 Å². The van der Waals surface area contributed by atoms with Crippen molar-refractivity contribution in [3.8, 4) is 11.5 Å². The van der Waals surface area contributed by atoms with Crippen molar-refractivity contribution in [1.29, 1.82) is 0 Å². The number of aliphatic imine (C=N–C) groups is 1. The normalized spacial score (nSPS) is 12.7. The first kappa shape index (κ1) is 22.4. The summed E-state index contributed by atoms with van der Waals surface area (Å²) in [5.74, 6) is 1.23. The molecule has 0 saturated carbocycles. The Morgan fingerprint density at radius 1 is 1.24 bits per heavy atom. The first-order valence-corrected chi connectivity index (χ1v) is 9.72. The number of ether oxygens (including phenoxy) is 2. The average molecular weight is 409 g/mol. The maximum Gasteiger partial charge on any atom is 0.387 e. The summed E-state index contributed by atoms with van der Waals surface area (Å²) in [6, 6.07) is 6.93. The SMILES string of the molecule is CCNC(=NCc1cccc(OCC)c1OC(F)F)NCC(C)Cn1cccn1. The lowest BCUT2D eigenvalue weighted by molar-refractivity contribution is -0.0520. The number of hydrogen-bond acceptors (Lipinski definition) is 4. The molecular weight excluding hydrogens is 380 g/mol. The maximum absolute atomic E-state index is 12.9. The topological polar surface area (TPSA) is 72.7 Å². The third-order valence-electron chi connectivity index (χ3n) is 3.99. The average Bonchev–Trinajstić information content (AvgIpc) is 3.18. The number of benzene rings is 1. The molecular formula is C20H29F2N5O2. The van der Waals surface area contributed by atoms with Crippen LogP contribution in [0.1, 0.15) is 26.3 Å². The van der Waals surface area contributed by atoms with Crippen LogP contribution in [0.2, 0.25) is 0 Å². The highest BCUT2D eigenvalue weighted by Crippen LogP contribution is 2.33. The molecule has 0 aliphatic rings. The van der Waals surface area contributed by atoms with Crippen LogP contribution in [0, 0.1) is 5.92 Å². The van der Waals surface area contributed by atoms with Gasteiger partial charge in [0.1, 0.15) is 0 Å². The highest BCUT2D eigenvalue weighted by molar-refractivity contribution is 5.79. The van der Waals surface area contributed by atoms with E-state index in [9.17, 15) is 8.78 Å². The minimum atomic E-state index is -2.94. The van der Waals surface area contributed by atoms with E-state index in [4.69, 9.17) is 9.47 Å². The van der Waals surface area contributed by atoms with Gasteiger partial charge in [-0.2, -0.15) is 13.9 Å². The lowest BCUT2D eigenvalue weighted by Gasteiger charge is -2.17. The summed E-state index contributed by atoms with van der Waals surface area (Å²) in [6.45, 7) is 5.59. The molecule has 1 aromatic heterocycles. The van der Waals surface area contributed by atoms with Crippen LogP contribution in [0.15, 0.2) is 41.7 Å². The van der Waals surface area contributed by atoms with E-state index in [1.807, 2.05) is 23.9 Å². The highest BCUT2D eigenvalue weighted by Gasteiger charge is 2.15. The van der Waals surface area contributed by atoms with E-state index in [2.05, 4.69) is 27.6 Å². The van der Waals surface area contributed by atoms with Crippen LogP contribution in [-0.4, -0.2) is 42.0 Å². The van der Waals surface area contributed by atoms with E-state index >= 15 is 0 Å². The van der Waals surface area contributed by atoms with Gasteiger partial charge in [-0.25, -0.2) is 4.99 Å². The summed E-state index contributed by atoms with van der Waals surface area (Å²) in [5, 5.41) is 10.7. The molecule has 0 saturated heterocycles. The van der Waals surface area contributed by atoms with Gasteiger partial charge in [-0.15, -0.1) is 0 Å². The Kier molecular flexibility index (Phi) is 9.20. The summed E-state index contributed by atoms with van der Waals surface area (Å²) in [4.78, 5) is 4.51. The molecule has 2 N–H and O–H groups in total. The molecule has 7 nitrogen and oxygen atoms in total. The number of nitrogens with zero attached hydrogens (tertiary/aromatic N) is 3. The van der Waals surface area contributed by atoms with Crippen LogP contribution in [0.3, 0.4) is 0 Å². The van der Waals surface area contributed by atoms with Crippen molar-refractivity contribution in [2.75, 3.05) is 19.7 Å². The number of aromatic nitrogens is 2. The van der Waals surface area contributed by atoms with E-state index in [0.717, 1.165) is 6.54 Å². The summed E-state index contributed by atoms with van der Waals surface area (Å²) in [5.41, 5.74) is 0.526. The lowest BCUT2D eigenvalue weighted by atomic mass is 10.2. The molecule has 0 aliphatic heterocycles. The van der Waals surface area contributed by atoms with E-state index < -0.39 is 6.61 Å². The summed E-state index contributed by atoms with van der Waals surface area (Å²) >= 11 is 0. The number of alkyl halides is 2. The zero-order chi connectivity index (χ0) is 21.1. The highest BCUT2D eigenvalue weighted by atomic mass is 19.3. The second-order valence-corrected chi connectivity index (χ2v) is 6.47. The van der Waals surface area contributed by atoms with Crippen LogP contribution in [0.25, 0.3) is 0 Å². The molecule has 0 radical (unpaired) electrons. The van der Waals surface area contributed by atoms with E-state index in [1.165, 1.54) is 0 Å². The number of rotatable bonds is 11. The van der Waals surface area contributed by atoms with E-state index in [1.54, 1.807) is 31.3 Å². The van der Waals surface area contributed by atoms with E-state index in [0.29, 0.717) is 37.1 Å². The van der Waals surface area contributed by atoms with Crippen molar-refractivity contribution in [3.63, 3.8) is 0 Å². The van der Waals surface area contributed by atoms with Crippen molar-refractivity contribution in [2.24, 2.45) is 10.9 Å². The van der Waals surface area contributed by atoms with Gasteiger partial charge in [0.25, 0.3) is 0 Å². The van der Waals surface area contributed by atoms with Gasteiger partial charge in [-0.3, -0.25) is 4.68 Å². The molecule has 0 amide bonds. The molecule has 160 valence electrons. The van der Waals surface area contributed by atoms with E-state index in [-0.39, 0.29) is 18.0 Å². The first-order valence-electron chi connectivity index (χ1n) is 9.72. The van der Waals surface area contributed by atoms with Gasteiger partial charge in [0.15, 0.2) is 17.5 Å². The largest absolute Gasteiger partial charge is 0.490 e. The van der Waals surface area contributed by atoms with Crippen LogP contribution >= 0.6 is 0 Å². The van der Waals surface area contributed by atoms with Crippen molar-refractivity contribution in [3.05, 3.63) is 42.2 Å². The number of para-hydroxylation sites is 1. The number of hydrogen-bond donors (Lipinski definition) is 2. The summed E-state index contributed by atoms with van der Waals surface area (Å²) in [7, 11) is 0. The fraction of sp³-hybridized carbons (Fsp3) is 0.500. The molecule has 0 aliphatic carbocycles. The second kappa shape index (κ2) is 11.9. The van der Waals surface area contributed by atoms with Crippen molar-refractivity contribution in [2.45, 2.75) is 40.5 Å². The quantitative estimate of drug-likeness (QED) is 0.440. The fourth-order valence-electron chi connectivity index (χ4n) is 2.75. The third-order valence-corrected chi connectivity index (χ3v) is 3.99. The van der Waals surface area contributed by atoms with Crippen LogP contribution < -0.4 is 20.1 Å². The molecule has 29 heavy (non-hydrogen) atoms. The van der Waals surface area contributed by atoms with Gasteiger partial charge in [0, 0.05) is 37.6 Å².